The topological polar surface area (TPSA) is 78.4 Å². The highest BCUT2D eigenvalue weighted by Crippen LogP contribution is 2.20. The zero-order valence-electron chi connectivity index (χ0n) is 12.4. The van der Waals surface area contributed by atoms with Crippen LogP contribution in [0.15, 0.2) is 18.2 Å². The normalized spacial score (nSPS) is 12.7. The second-order valence-electron chi connectivity index (χ2n) is 5.84. The second kappa shape index (κ2) is 6.52. The van der Waals surface area contributed by atoms with Crippen LogP contribution in [0.2, 0.25) is 0 Å². The molecule has 5 nitrogen and oxygen atoms in total. The number of amides is 2. The first kappa shape index (κ1) is 16.2. The fraction of sp³-hybridized carbons (Fsp3) is 0.467. The van der Waals surface area contributed by atoms with E-state index in [4.69, 9.17) is 0 Å². The van der Waals surface area contributed by atoms with Crippen LogP contribution in [-0.2, 0) is 0 Å². The van der Waals surface area contributed by atoms with E-state index >= 15 is 0 Å². The van der Waals surface area contributed by atoms with Crippen molar-refractivity contribution >= 4 is 18.0 Å². The number of urea groups is 1. The molecule has 0 aliphatic rings. The maximum absolute atomic E-state index is 12.0. The molecule has 0 unspecified atom stereocenters. The Morgan fingerprint density at radius 1 is 1.40 bits per heavy atom. The summed E-state index contributed by atoms with van der Waals surface area (Å²) in [5.74, 6) is 0. The first-order valence-corrected chi connectivity index (χ1v) is 6.52. The van der Waals surface area contributed by atoms with Crippen LogP contribution in [0, 0.1) is 12.3 Å². The Hall–Kier alpha value is -1.88. The third-order valence-electron chi connectivity index (χ3n) is 3.28. The summed E-state index contributed by atoms with van der Waals surface area (Å²) in [4.78, 5) is 22.8. The molecule has 1 rings (SSSR count). The van der Waals surface area contributed by atoms with E-state index in [1.54, 1.807) is 25.1 Å². The lowest BCUT2D eigenvalue weighted by molar-refractivity contribution is 0.112. The van der Waals surface area contributed by atoms with Crippen LogP contribution in [0.25, 0.3) is 0 Å². The summed E-state index contributed by atoms with van der Waals surface area (Å²) < 4.78 is 0. The van der Waals surface area contributed by atoms with Crippen LogP contribution in [0.4, 0.5) is 10.5 Å². The number of carbonyl (C=O) groups is 2. The van der Waals surface area contributed by atoms with Gasteiger partial charge in [-0.05, 0) is 24.0 Å². The van der Waals surface area contributed by atoms with E-state index < -0.39 is 6.03 Å². The minimum Gasteiger partial charge on any atom is -0.394 e. The summed E-state index contributed by atoms with van der Waals surface area (Å²) in [6.07, 6.45) is 0.754. The summed E-state index contributed by atoms with van der Waals surface area (Å²) in [6.45, 7) is 7.45. The summed E-state index contributed by atoms with van der Waals surface area (Å²) in [5, 5.41) is 14.8. The number of aldehydes is 1. The molecule has 0 saturated heterocycles. The van der Waals surface area contributed by atoms with E-state index in [0.717, 1.165) is 6.29 Å². The number of rotatable bonds is 4. The van der Waals surface area contributed by atoms with Gasteiger partial charge in [0.05, 0.1) is 12.6 Å². The van der Waals surface area contributed by atoms with Crippen molar-refractivity contribution in [2.75, 3.05) is 11.9 Å². The summed E-state index contributed by atoms with van der Waals surface area (Å²) in [5.41, 5.74) is 1.59. The molecular weight excluding hydrogens is 256 g/mol. The third kappa shape index (κ3) is 4.06. The Morgan fingerprint density at radius 3 is 2.55 bits per heavy atom. The maximum Gasteiger partial charge on any atom is 0.319 e. The van der Waals surface area contributed by atoms with Gasteiger partial charge in [0.2, 0.25) is 0 Å². The Labute approximate surface area is 119 Å². The lowest BCUT2D eigenvalue weighted by atomic mass is 9.87. The molecule has 3 N–H and O–H groups in total. The largest absolute Gasteiger partial charge is 0.394 e. The highest BCUT2D eigenvalue weighted by atomic mass is 16.3. The molecule has 0 aromatic heterocycles. The van der Waals surface area contributed by atoms with Crippen LogP contribution < -0.4 is 10.6 Å². The number of nitrogens with one attached hydrogen (secondary N) is 2. The molecule has 1 aromatic rings. The molecule has 2 amide bonds. The molecule has 110 valence electrons. The number of hydrogen-bond acceptors (Lipinski definition) is 3. The molecule has 5 heteroatoms. The molecule has 20 heavy (non-hydrogen) atoms. The van der Waals surface area contributed by atoms with Gasteiger partial charge < -0.3 is 15.7 Å². The predicted octanol–water partition coefficient (Wildman–Crippen LogP) is 2.34. The van der Waals surface area contributed by atoms with Crippen LogP contribution >= 0.6 is 0 Å². The SMILES string of the molecule is Cc1c(C=O)cccc1NC(=O)N[C@H](CO)C(C)(C)C. The lowest BCUT2D eigenvalue weighted by Crippen LogP contribution is -2.47. The average Bonchev–Trinajstić information content (AvgIpc) is 2.37. The first-order valence-electron chi connectivity index (χ1n) is 6.52. The Balaban J connectivity index is 2.79. The van der Waals surface area contributed by atoms with Crippen molar-refractivity contribution in [2.45, 2.75) is 33.7 Å². The molecule has 0 heterocycles. The molecule has 0 radical (unpaired) electrons. The summed E-state index contributed by atoms with van der Waals surface area (Å²) >= 11 is 0. The first-order chi connectivity index (χ1) is 9.29. The molecule has 0 fully saturated rings. The van der Waals surface area contributed by atoms with Crippen LogP contribution in [0.5, 0.6) is 0 Å². The van der Waals surface area contributed by atoms with E-state index in [-0.39, 0.29) is 18.1 Å². The fourth-order valence-corrected chi connectivity index (χ4v) is 1.77. The molecule has 1 aromatic carbocycles. The Morgan fingerprint density at radius 2 is 2.05 bits per heavy atom. The highest BCUT2D eigenvalue weighted by molar-refractivity contribution is 5.92. The third-order valence-corrected chi connectivity index (χ3v) is 3.28. The molecule has 0 aliphatic heterocycles. The van der Waals surface area contributed by atoms with Crippen LogP contribution in [0.3, 0.4) is 0 Å². The Bertz CT molecular complexity index is 492. The van der Waals surface area contributed by atoms with Gasteiger partial charge in [-0.1, -0.05) is 32.9 Å². The van der Waals surface area contributed by atoms with Gasteiger partial charge >= 0.3 is 6.03 Å². The molecule has 0 bridgehead atoms. The average molecular weight is 278 g/mol. The van der Waals surface area contributed by atoms with Gasteiger partial charge in [-0.2, -0.15) is 0 Å². The van der Waals surface area contributed by atoms with Crippen molar-refractivity contribution in [3.8, 4) is 0 Å². The fourth-order valence-electron chi connectivity index (χ4n) is 1.77. The Kier molecular flexibility index (Phi) is 5.27. The van der Waals surface area contributed by atoms with E-state index in [2.05, 4.69) is 10.6 Å². The standard InChI is InChI=1S/C15H22N2O3/c1-10-11(8-18)6-5-7-12(10)16-14(20)17-13(9-19)15(2,3)4/h5-8,13,19H,9H2,1-4H3,(H2,16,17,20)/t13-/m1/s1. The minimum absolute atomic E-state index is 0.135. The number of aliphatic hydroxyl groups excluding tert-OH is 1. The number of anilines is 1. The van der Waals surface area contributed by atoms with Gasteiger partial charge in [0.15, 0.2) is 0 Å². The van der Waals surface area contributed by atoms with E-state index in [1.807, 2.05) is 20.8 Å². The van der Waals surface area contributed by atoms with Crippen molar-refractivity contribution in [1.82, 2.24) is 5.32 Å². The van der Waals surface area contributed by atoms with Gasteiger partial charge in [0, 0.05) is 11.3 Å². The molecule has 1 atom stereocenters. The van der Waals surface area contributed by atoms with Gasteiger partial charge in [-0.3, -0.25) is 4.79 Å². The molecular formula is C15H22N2O3. The van der Waals surface area contributed by atoms with Gasteiger partial charge in [0.1, 0.15) is 6.29 Å². The van der Waals surface area contributed by atoms with Gasteiger partial charge in [0.25, 0.3) is 0 Å². The molecule has 0 saturated carbocycles. The quantitative estimate of drug-likeness (QED) is 0.740. The van der Waals surface area contributed by atoms with Crippen molar-refractivity contribution in [3.63, 3.8) is 0 Å². The van der Waals surface area contributed by atoms with E-state index in [9.17, 15) is 14.7 Å². The highest BCUT2D eigenvalue weighted by Gasteiger charge is 2.25. The smallest absolute Gasteiger partial charge is 0.319 e. The van der Waals surface area contributed by atoms with Crippen molar-refractivity contribution in [2.24, 2.45) is 5.41 Å². The van der Waals surface area contributed by atoms with Crippen molar-refractivity contribution in [3.05, 3.63) is 29.3 Å². The summed E-state index contributed by atoms with van der Waals surface area (Å²) in [7, 11) is 0. The number of aliphatic hydroxyl groups is 1. The molecule has 0 spiro atoms. The van der Waals surface area contributed by atoms with E-state index in [1.165, 1.54) is 0 Å². The lowest BCUT2D eigenvalue weighted by Gasteiger charge is -2.29. The van der Waals surface area contributed by atoms with Crippen molar-refractivity contribution < 1.29 is 14.7 Å². The molecule has 0 aliphatic carbocycles. The number of carbonyl (C=O) groups excluding carboxylic acids is 2. The minimum atomic E-state index is -0.398. The zero-order chi connectivity index (χ0) is 15.3. The van der Waals surface area contributed by atoms with Crippen molar-refractivity contribution in [1.29, 1.82) is 0 Å². The second-order valence-corrected chi connectivity index (χ2v) is 5.84. The van der Waals surface area contributed by atoms with E-state index in [0.29, 0.717) is 16.8 Å². The number of hydrogen-bond donors (Lipinski definition) is 3. The summed E-state index contributed by atoms with van der Waals surface area (Å²) in [6, 6.07) is 4.38. The zero-order valence-corrected chi connectivity index (χ0v) is 12.4. The monoisotopic (exact) mass is 278 g/mol. The van der Waals surface area contributed by atoms with Crippen LogP contribution in [0.1, 0.15) is 36.7 Å². The predicted molar refractivity (Wildman–Crippen MR) is 79.0 cm³/mol. The van der Waals surface area contributed by atoms with Gasteiger partial charge in [-0.15, -0.1) is 0 Å². The van der Waals surface area contributed by atoms with Crippen LogP contribution in [-0.4, -0.2) is 30.1 Å². The number of benzene rings is 1. The maximum atomic E-state index is 12.0. The van der Waals surface area contributed by atoms with Gasteiger partial charge in [-0.25, -0.2) is 4.79 Å².